The number of hydrogen-bond acceptors (Lipinski definition) is 7. The molecule has 0 bridgehead atoms. The van der Waals surface area contributed by atoms with Crippen molar-refractivity contribution in [3.8, 4) is 5.75 Å². The first-order valence-corrected chi connectivity index (χ1v) is 13.5. The number of aliphatic imine (C=N–C) groups is 1. The van der Waals surface area contributed by atoms with Crippen LogP contribution >= 0.6 is 23.5 Å². The molecule has 0 aromatic heterocycles. The van der Waals surface area contributed by atoms with Gasteiger partial charge in [0.2, 0.25) is 0 Å². The van der Waals surface area contributed by atoms with Crippen LogP contribution in [0.2, 0.25) is 0 Å². The zero-order valence-corrected chi connectivity index (χ0v) is 22.4. The van der Waals surface area contributed by atoms with Crippen molar-refractivity contribution in [2.45, 2.75) is 18.7 Å². The van der Waals surface area contributed by atoms with E-state index in [1.165, 1.54) is 17.4 Å². The molecule has 0 saturated carbocycles. The van der Waals surface area contributed by atoms with Crippen LogP contribution in [0.5, 0.6) is 5.75 Å². The lowest BCUT2D eigenvalue weighted by Crippen LogP contribution is -2.29. The maximum Gasteiger partial charge on any atom is 0.274 e. The van der Waals surface area contributed by atoms with Gasteiger partial charge in [-0.15, -0.1) is 0 Å². The predicted octanol–water partition coefficient (Wildman–Crippen LogP) is 6.72. The van der Waals surface area contributed by atoms with Crippen LogP contribution in [0.1, 0.15) is 13.8 Å². The van der Waals surface area contributed by atoms with Crippen LogP contribution in [0.3, 0.4) is 0 Å². The lowest BCUT2D eigenvalue weighted by molar-refractivity contribution is -0.113. The number of methoxy groups -OCH3 is 1. The molecule has 5 rings (SSSR count). The van der Waals surface area contributed by atoms with Crippen LogP contribution < -0.4 is 19.4 Å². The molecule has 0 atom stereocenters. The Balaban J connectivity index is 1.54. The number of amides is 1. The first kappa shape index (κ1) is 24.3. The number of para-hydroxylation sites is 1. The summed E-state index contributed by atoms with van der Waals surface area (Å²) in [4.78, 5) is 26.6. The molecule has 8 heteroatoms. The highest BCUT2D eigenvalue weighted by Gasteiger charge is 2.40. The first-order chi connectivity index (χ1) is 17.5. The van der Waals surface area contributed by atoms with Gasteiger partial charge in [-0.3, -0.25) is 9.69 Å². The summed E-state index contributed by atoms with van der Waals surface area (Å²) in [6.45, 7) is 6.20. The van der Waals surface area contributed by atoms with Gasteiger partial charge in [-0.25, -0.2) is 4.99 Å². The number of thioether (sulfide) groups is 2. The molecule has 1 saturated heterocycles. The monoisotopic (exact) mass is 516 g/mol. The molecule has 1 amide bonds. The van der Waals surface area contributed by atoms with E-state index < -0.39 is 0 Å². The van der Waals surface area contributed by atoms with Gasteiger partial charge >= 0.3 is 0 Å². The van der Waals surface area contributed by atoms with Crippen molar-refractivity contribution in [3.63, 3.8) is 0 Å². The Kier molecular flexibility index (Phi) is 6.98. The molecule has 1 fully saturated rings. The lowest BCUT2D eigenvalue weighted by atomic mass is 10.2. The number of carbonyl (C=O) groups excluding carboxylic acids is 1. The van der Waals surface area contributed by atoms with Crippen LogP contribution in [-0.4, -0.2) is 38.3 Å². The zero-order valence-electron chi connectivity index (χ0n) is 20.8. The molecular weight excluding hydrogens is 488 g/mol. The Hall–Kier alpha value is -3.36. The fraction of sp³-hybridized carbons (Fsp3) is 0.214. The van der Waals surface area contributed by atoms with Gasteiger partial charge in [0.15, 0.2) is 5.17 Å². The minimum atomic E-state index is -0.0705. The number of benzene rings is 3. The van der Waals surface area contributed by atoms with E-state index in [0.717, 1.165) is 45.8 Å². The smallest absolute Gasteiger partial charge is 0.274 e. The molecule has 0 radical (unpaired) electrons. The van der Waals surface area contributed by atoms with Crippen LogP contribution in [0.4, 0.5) is 22.7 Å². The van der Waals surface area contributed by atoms with E-state index in [1.54, 1.807) is 23.8 Å². The number of anilines is 3. The molecule has 3 aromatic carbocycles. The van der Waals surface area contributed by atoms with E-state index in [4.69, 9.17) is 9.73 Å². The van der Waals surface area contributed by atoms with Gasteiger partial charge in [0, 0.05) is 36.8 Å². The fourth-order valence-electron chi connectivity index (χ4n) is 4.27. The number of amidine groups is 1. The van der Waals surface area contributed by atoms with Crippen molar-refractivity contribution in [1.82, 2.24) is 0 Å². The quantitative estimate of drug-likeness (QED) is 0.339. The normalized spacial score (nSPS) is 18.2. The fourth-order valence-corrected chi connectivity index (χ4v) is 6.60. The van der Waals surface area contributed by atoms with Gasteiger partial charge in [-0.1, -0.05) is 30.0 Å². The Morgan fingerprint density at radius 2 is 1.67 bits per heavy atom. The van der Waals surface area contributed by atoms with Gasteiger partial charge in [0.25, 0.3) is 5.91 Å². The van der Waals surface area contributed by atoms with Crippen molar-refractivity contribution in [2.24, 2.45) is 4.99 Å². The molecule has 2 aliphatic heterocycles. The summed E-state index contributed by atoms with van der Waals surface area (Å²) < 4.78 is 5.41. The number of fused-ring (bicyclic) bond motifs is 1. The van der Waals surface area contributed by atoms with Gasteiger partial charge in [-0.05, 0) is 74.1 Å². The number of rotatable bonds is 6. The number of ether oxygens (including phenoxy) is 1. The van der Waals surface area contributed by atoms with E-state index >= 15 is 0 Å². The minimum absolute atomic E-state index is 0.0705. The highest BCUT2D eigenvalue weighted by atomic mass is 32.2. The molecular formula is C28H28N4O2S2. The Morgan fingerprint density at radius 1 is 0.944 bits per heavy atom. The average Bonchev–Trinajstić information content (AvgIpc) is 3.41. The highest BCUT2D eigenvalue weighted by Crippen LogP contribution is 2.51. The average molecular weight is 517 g/mol. The topological polar surface area (TPSA) is 48.4 Å². The number of hydrogen-bond donors (Lipinski definition) is 0. The summed E-state index contributed by atoms with van der Waals surface area (Å²) in [6, 6.07) is 23.9. The van der Waals surface area contributed by atoms with Gasteiger partial charge in [0.05, 0.1) is 29.2 Å². The molecule has 3 aromatic rings. The Bertz CT molecular complexity index is 1340. The van der Waals surface area contributed by atoms with E-state index in [0.29, 0.717) is 10.1 Å². The largest absolute Gasteiger partial charge is 0.497 e. The standard InChI is InChI=1S/C28H28N4O2S2/c1-5-31(6-2)20-14-12-19(13-15-20)29-28-32(21-10-8-7-9-11-21)26(33)25(36-28)27-30(3)23-18-22(34-4)16-17-24(23)35-27/h7-18H,5-6H2,1-4H3/b27-25-,29-28?. The molecule has 184 valence electrons. The summed E-state index contributed by atoms with van der Waals surface area (Å²) in [7, 11) is 3.65. The molecule has 0 aliphatic carbocycles. The summed E-state index contributed by atoms with van der Waals surface area (Å²) in [5.41, 5.74) is 3.81. The first-order valence-electron chi connectivity index (χ1n) is 11.9. The minimum Gasteiger partial charge on any atom is -0.497 e. The van der Waals surface area contributed by atoms with Crippen LogP contribution in [0, 0.1) is 0 Å². The van der Waals surface area contributed by atoms with E-state index in [1.807, 2.05) is 67.7 Å². The molecule has 0 N–H and O–H groups in total. The van der Waals surface area contributed by atoms with E-state index in [9.17, 15) is 4.79 Å². The highest BCUT2D eigenvalue weighted by molar-refractivity contribution is 8.20. The van der Waals surface area contributed by atoms with Gasteiger partial charge in [0.1, 0.15) is 10.7 Å². The molecule has 36 heavy (non-hydrogen) atoms. The molecule has 6 nitrogen and oxygen atoms in total. The SMILES string of the molecule is CCN(CC)c1ccc(N=C2S/C(=C3\Sc4ccc(OC)cc4N3C)C(=O)N2c2ccccc2)cc1. The second-order valence-corrected chi connectivity index (χ2v) is 10.3. The second-order valence-electron chi connectivity index (χ2n) is 8.29. The molecule has 0 spiro atoms. The third-order valence-electron chi connectivity index (χ3n) is 6.23. The predicted molar refractivity (Wildman–Crippen MR) is 153 cm³/mol. The third-order valence-corrected chi connectivity index (χ3v) is 8.63. The van der Waals surface area contributed by atoms with Crippen molar-refractivity contribution in [1.29, 1.82) is 0 Å². The third kappa shape index (κ3) is 4.47. The van der Waals surface area contributed by atoms with Crippen molar-refractivity contribution >= 4 is 57.3 Å². The molecule has 2 heterocycles. The maximum absolute atomic E-state index is 13.8. The number of carbonyl (C=O) groups is 1. The Labute approximate surface area is 220 Å². The summed E-state index contributed by atoms with van der Waals surface area (Å²) in [5, 5.41) is 1.54. The lowest BCUT2D eigenvalue weighted by Gasteiger charge is -2.21. The second kappa shape index (κ2) is 10.3. The van der Waals surface area contributed by atoms with Crippen LogP contribution in [0.15, 0.2) is 92.6 Å². The molecule has 2 aliphatic rings. The van der Waals surface area contributed by atoms with Crippen LogP contribution in [0.25, 0.3) is 0 Å². The van der Waals surface area contributed by atoms with Crippen molar-refractivity contribution in [3.05, 3.63) is 82.7 Å². The van der Waals surface area contributed by atoms with Crippen LogP contribution in [-0.2, 0) is 4.79 Å². The summed E-state index contributed by atoms with van der Waals surface area (Å²) in [5.74, 6) is 0.720. The van der Waals surface area contributed by atoms with E-state index in [2.05, 4.69) is 35.8 Å². The summed E-state index contributed by atoms with van der Waals surface area (Å²) >= 11 is 3.02. The van der Waals surface area contributed by atoms with Gasteiger partial charge in [-0.2, -0.15) is 0 Å². The van der Waals surface area contributed by atoms with Crippen molar-refractivity contribution < 1.29 is 9.53 Å². The number of nitrogens with zero attached hydrogens (tertiary/aromatic N) is 4. The van der Waals surface area contributed by atoms with Gasteiger partial charge < -0.3 is 14.5 Å². The molecule has 0 unspecified atom stereocenters. The summed E-state index contributed by atoms with van der Waals surface area (Å²) in [6.07, 6.45) is 0. The van der Waals surface area contributed by atoms with Crippen molar-refractivity contribution in [2.75, 3.05) is 41.9 Å². The zero-order chi connectivity index (χ0) is 25.2. The van der Waals surface area contributed by atoms with E-state index in [-0.39, 0.29) is 5.91 Å². The Morgan fingerprint density at radius 3 is 2.33 bits per heavy atom. The maximum atomic E-state index is 13.8.